The predicted octanol–water partition coefficient (Wildman–Crippen LogP) is 4.08. The Hall–Kier alpha value is 0.490. The van der Waals surface area contributed by atoms with Gasteiger partial charge in [-0.05, 0) is 27.4 Å². The molecule has 0 saturated heterocycles. The predicted molar refractivity (Wildman–Crippen MR) is 69.2 cm³/mol. The average molecular weight is 295 g/mol. The minimum Gasteiger partial charge on any atom is -0.387 e. The van der Waals surface area contributed by atoms with Crippen LogP contribution in [-0.4, -0.2) is 15.6 Å². The van der Waals surface area contributed by atoms with E-state index in [2.05, 4.69) is 36.7 Å². The Bertz CT molecular complexity index is 291. The van der Waals surface area contributed by atoms with Crippen molar-refractivity contribution in [3.63, 3.8) is 0 Å². The van der Waals surface area contributed by atoms with Gasteiger partial charge in [-0.2, -0.15) is 11.8 Å². The van der Waals surface area contributed by atoms with Gasteiger partial charge in [0.2, 0.25) is 0 Å². The molecule has 1 aromatic rings. The minimum atomic E-state index is -0.353. The van der Waals surface area contributed by atoms with Gasteiger partial charge in [-0.25, -0.2) is 0 Å². The molecule has 1 nitrogen and oxygen atoms in total. The van der Waals surface area contributed by atoms with Crippen molar-refractivity contribution in [1.29, 1.82) is 0 Å². The third kappa shape index (κ3) is 3.93. The van der Waals surface area contributed by atoms with Crippen LogP contribution in [-0.2, 0) is 0 Å². The second kappa shape index (κ2) is 5.01. The molecule has 0 saturated carbocycles. The SMILES string of the molecule is CC(C)(C)SCC(O)c1sccc1Br. The molecule has 0 aliphatic carbocycles. The first-order valence-corrected chi connectivity index (χ1v) is 7.11. The quantitative estimate of drug-likeness (QED) is 0.907. The standard InChI is InChI=1S/C10H15BrOS2/c1-10(2,3)14-6-8(12)9-7(11)4-5-13-9/h4-5,8,12H,6H2,1-3H3. The van der Waals surface area contributed by atoms with Crippen molar-refractivity contribution in [2.75, 3.05) is 5.75 Å². The maximum atomic E-state index is 9.91. The molecule has 0 aromatic carbocycles. The zero-order chi connectivity index (χ0) is 10.8. The van der Waals surface area contributed by atoms with E-state index in [9.17, 15) is 5.11 Å². The Morgan fingerprint density at radius 1 is 1.57 bits per heavy atom. The van der Waals surface area contributed by atoms with Crippen molar-refractivity contribution in [3.8, 4) is 0 Å². The highest BCUT2D eigenvalue weighted by Gasteiger charge is 2.17. The Morgan fingerprint density at radius 2 is 2.21 bits per heavy atom. The lowest BCUT2D eigenvalue weighted by Crippen LogP contribution is -2.11. The van der Waals surface area contributed by atoms with Crippen molar-refractivity contribution in [2.24, 2.45) is 0 Å². The van der Waals surface area contributed by atoms with E-state index >= 15 is 0 Å². The van der Waals surface area contributed by atoms with Crippen LogP contribution in [0.2, 0.25) is 0 Å². The highest BCUT2D eigenvalue weighted by atomic mass is 79.9. The zero-order valence-electron chi connectivity index (χ0n) is 8.58. The van der Waals surface area contributed by atoms with Crippen LogP contribution < -0.4 is 0 Å². The van der Waals surface area contributed by atoms with E-state index in [0.717, 1.165) is 15.1 Å². The summed E-state index contributed by atoms with van der Waals surface area (Å²) >= 11 is 6.81. The lowest BCUT2D eigenvalue weighted by atomic mass is 10.3. The van der Waals surface area contributed by atoms with Gasteiger partial charge in [-0.15, -0.1) is 11.3 Å². The number of hydrogen-bond acceptors (Lipinski definition) is 3. The van der Waals surface area contributed by atoms with Crippen molar-refractivity contribution >= 4 is 39.0 Å². The van der Waals surface area contributed by atoms with Crippen LogP contribution in [0.1, 0.15) is 31.8 Å². The van der Waals surface area contributed by atoms with Gasteiger partial charge in [0.25, 0.3) is 0 Å². The summed E-state index contributed by atoms with van der Waals surface area (Å²) in [6, 6.07) is 1.98. The topological polar surface area (TPSA) is 20.2 Å². The fourth-order valence-electron chi connectivity index (χ4n) is 0.948. The minimum absolute atomic E-state index is 0.213. The van der Waals surface area contributed by atoms with Crippen LogP contribution in [0.25, 0.3) is 0 Å². The molecule has 0 spiro atoms. The van der Waals surface area contributed by atoms with E-state index in [1.165, 1.54) is 0 Å². The molecule has 1 N–H and O–H groups in total. The van der Waals surface area contributed by atoms with E-state index < -0.39 is 0 Å². The maximum Gasteiger partial charge on any atom is 0.0983 e. The van der Waals surface area contributed by atoms with Crippen molar-refractivity contribution < 1.29 is 5.11 Å². The number of aliphatic hydroxyl groups is 1. The third-order valence-corrected chi connectivity index (χ3v) is 4.94. The summed E-state index contributed by atoms with van der Waals surface area (Å²) in [5.41, 5.74) is 0. The lowest BCUT2D eigenvalue weighted by Gasteiger charge is -2.19. The number of aliphatic hydroxyl groups excluding tert-OH is 1. The number of thioether (sulfide) groups is 1. The monoisotopic (exact) mass is 294 g/mol. The second-order valence-corrected chi connectivity index (χ2v) is 7.72. The summed E-state index contributed by atoms with van der Waals surface area (Å²) in [5.74, 6) is 0.753. The molecule has 1 unspecified atom stereocenters. The molecular formula is C10H15BrOS2. The summed E-state index contributed by atoms with van der Waals surface area (Å²) < 4.78 is 1.23. The highest BCUT2D eigenvalue weighted by molar-refractivity contribution is 9.10. The summed E-state index contributed by atoms with van der Waals surface area (Å²) in [5, 5.41) is 11.9. The Kier molecular flexibility index (Phi) is 4.50. The summed E-state index contributed by atoms with van der Waals surface area (Å²) in [7, 11) is 0. The molecule has 1 atom stereocenters. The molecule has 14 heavy (non-hydrogen) atoms. The first kappa shape index (κ1) is 12.6. The molecule has 0 aliphatic heterocycles. The van der Waals surface area contributed by atoms with Crippen LogP contribution in [0.4, 0.5) is 0 Å². The largest absolute Gasteiger partial charge is 0.387 e. The van der Waals surface area contributed by atoms with Gasteiger partial charge < -0.3 is 5.11 Å². The second-order valence-electron chi connectivity index (χ2n) is 4.07. The summed E-state index contributed by atoms with van der Waals surface area (Å²) in [4.78, 5) is 1.03. The van der Waals surface area contributed by atoms with Gasteiger partial charge in [0.05, 0.1) is 6.10 Å². The first-order chi connectivity index (χ1) is 6.40. The van der Waals surface area contributed by atoms with E-state index in [0.29, 0.717) is 0 Å². The van der Waals surface area contributed by atoms with Crippen molar-refractivity contribution in [3.05, 3.63) is 20.8 Å². The number of hydrogen-bond donors (Lipinski definition) is 1. The third-order valence-electron chi connectivity index (χ3n) is 1.62. The first-order valence-electron chi connectivity index (χ1n) is 4.45. The van der Waals surface area contributed by atoms with Crippen LogP contribution in [0.15, 0.2) is 15.9 Å². The van der Waals surface area contributed by atoms with Gasteiger partial charge in [0, 0.05) is 19.8 Å². The van der Waals surface area contributed by atoms with E-state index in [4.69, 9.17) is 0 Å². The fourth-order valence-corrected chi connectivity index (χ4v) is 3.50. The van der Waals surface area contributed by atoms with E-state index in [1.807, 2.05) is 11.4 Å². The summed E-state index contributed by atoms with van der Waals surface area (Å²) in [6.45, 7) is 6.48. The molecule has 1 rings (SSSR count). The maximum absolute atomic E-state index is 9.91. The molecule has 4 heteroatoms. The van der Waals surface area contributed by atoms with Gasteiger partial charge in [0.15, 0.2) is 0 Å². The molecule has 0 bridgehead atoms. The van der Waals surface area contributed by atoms with Gasteiger partial charge in [-0.3, -0.25) is 0 Å². The van der Waals surface area contributed by atoms with Gasteiger partial charge in [0.1, 0.15) is 0 Å². The molecular weight excluding hydrogens is 280 g/mol. The van der Waals surface area contributed by atoms with Crippen LogP contribution in [0.3, 0.4) is 0 Å². The lowest BCUT2D eigenvalue weighted by molar-refractivity contribution is 0.207. The number of halogens is 1. The smallest absolute Gasteiger partial charge is 0.0983 e. The molecule has 0 amide bonds. The zero-order valence-corrected chi connectivity index (χ0v) is 11.8. The molecule has 80 valence electrons. The Morgan fingerprint density at radius 3 is 2.64 bits per heavy atom. The van der Waals surface area contributed by atoms with E-state index in [-0.39, 0.29) is 10.9 Å². The molecule has 0 aliphatic rings. The van der Waals surface area contributed by atoms with Gasteiger partial charge >= 0.3 is 0 Å². The van der Waals surface area contributed by atoms with Crippen molar-refractivity contribution in [1.82, 2.24) is 0 Å². The molecule has 1 aromatic heterocycles. The Balaban J connectivity index is 2.51. The van der Waals surface area contributed by atoms with Gasteiger partial charge in [-0.1, -0.05) is 20.8 Å². The fraction of sp³-hybridized carbons (Fsp3) is 0.600. The summed E-state index contributed by atoms with van der Waals surface area (Å²) in [6.07, 6.45) is -0.353. The van der Waals surface area contributed by atoms with Crippen LogP contribution in [0, 0.1) is 0 Å². The van der Waals surface area contributed by atoms with Crippen molar-refractivity contribution in [2.45, 2.75) is 31.6 Å². The number of rotatable bonds is 3. The van der Waals surface area contributed by atoms with Crippen LogP contribution in [0.5, 0.6) is 0 Å². The molecule has 0 radical (unpaired) electrons. The van der Waals surface area contributed by atoms with Crippen LogP contribution >= 0.6 is 39.0 Å². The normalized spacial score (nSPS) is 14.4. The highest BCUT2D eigenvalue weighted by Crippen LogP contribution is 2.34. The Labute approximate surface area is 102 Å². The average Bonchev–Trinajstić information content (AvgIpc) is 2.46. The number of thiophene rings is 1. The van der Waals surface area contributed by atoms with E-state index in [1.54, 1.807) is 23.1 Å². The molecule has 0 fully saturated rings. The molecule has 1 heterocycles.